The Balaban J connectivity index is 1.92. The minimum atomic E-state index is 0.0877. The zero-order chi connectivity index (χ0) is 11.6. The molecule has 0 atom stereocenters. The number of hydrogen-bond acceptors (Lipinski definition) is 3. The standard InChI is InChI=1S/C12H22N2S2/c1-16-12(11(13)15)6-8-14(9-7-12)10-4-2-3-5-10/h10H,2-9H2,1H3,(H2,13,15). The molecule has 2 aliphatic rings. The number of rotatable bonds is 3. The van der Waals surface area contributed by atoms with E-state index in [2.05, 4.69) is 11.2 Å². The molecular formula is C12H22N2S2. The van der Waals surface area contributed by atoms with Gasteiger partial charge in [0.15, 0.2) is 0 Å². The number of piperidine rings is 1. The summed E-state index contributed by atoms with van der Waals surface area (Å²) in [6.45, 7) is 2.37. The van der Waals surface area contributed by atoms with Crippen molar-refractivity contribution in [1.29, 1.82) is 0 Å². The highest BCUT2D eigenvalue weighted by molar-refractivity contribution is 8.01. The second-order valence-corrected chi connectivity index (χ2v) is 6.67. The molecule has 0 aromatic heterocycles. The van der Waals surface area contributed by atoms with Crippen LogP contribution in [0.4, 0.5) is 0 Å². The number of likely N-dealkylation sites (tertiary alicyclic amines) is 1. The molecule has 1 saturated heterocycles. The van der Waals surface area contributed by atoms with Crippen molar-refractivity contribution < 1.29 is 0 Å². The summed E-state index contributed by atoms with van der Waals surface area (Å²) < 4.78 is 0.0877. The predicted molar refractivity (Wildman–Crippen MR) is 76.1 cm³/mol. The third-order valence-electron chi connectivity index (χ3n) is 4.29. The lowest BCUT2D eigenvalue weighted by Gasteiger charge is -2.42. The summed E-state index contributed by atoms with van der Waals surface area (Å²) in [5.74, 6) is 0. The Labute approximate surface area is 108 Å². The lowest BCUT2D eigenvalue weighted by atomic mass is 9.94. The van der Waals surface area contributed by atoms with Crippen LogP contribution in [0, 0.1) is 0 Å². The fourth-order valence-electron chi connectivity index (χ4n) is 3.07. The summed E-state index contributed by atoms with van der Waals surface area (Å²) in [5.41, 5.74) is 5.90. The summed E-state index contributed by atoms with van der Waals surface area (Å²) in [4.78, 5) is 3.38. The van der Waals surface area contributed by atoms with E-state index in [-0.39, 0.29) is 4.75 Å². The second-order valence-electron chi connectivity index (χ2n) is 5.04. The molecule has 2 rings (SSSR count). The molecule has 1 aliphatic carbocycles. The van der Waals surface area contributed by atoms with E-state index in [1.807, 2.05) is 11.8 Å². The first-order chi connectivity index (χ1) is 7.68. The lowest BCUT2D eigenvalue weighted by molar-refractivity contribution is 0.159. The number of hydrogen-bond donors (Lipinski definition) is 1. The quantitative estimate of drug-likeness (QED) is 0.787. The smallest absolute Gasteiger partial charge is 0.0891 e. The Hall–Kier alpha value is 0.200. The molecule has 2 nitrogen and oxygen atoms in total. The third-order valence-corrected chi connectivity index (χ3v) is 6.22. The fraction of sp³-hybridized carbons (Fsp3) is 0.917. The van der Waals surface area contributed by atoms with Crippen LogP contribution in [-0.2, 0) is 0 Å². The molecular weight excluding hydrogens is 236 g/mol. The molecule has 92 valence electrons. The van der Waals surface area contributed by atoms with Crippen molar-refractivity contribution in [1.82, 2.24) is 4.90 Å². The molecule has 0 bridgehead atoms. The van der Waals surface area contributed by atoms with Gasteiger partial charge in [-0.1, -0.05) is 25.1 Å². The van der Waals surface area contributed by atoms with Crippen molar-refractivity contribution in [3.8, 4) is 0 Å². The van der Waals surface area contributed by atoms with Crippen molar-refractivity contribution in [2.75, 3.05) is 19.3 Å². The third kappa shape index (κ3) is 2.39. The van der Waals surface area contributed by atoms with Crippen LogP contribution in [0.3, 0.4) is 0 Å². The highest BCUT2D eigenvalue weighted by atomic mass is 32.2. The summed E-state index contributed by atoms with van der Waals surface area (Å²) in [6.07, 6.45) is 10.1. The molecule has 0 aromatic carbocycles. The van der Waals surface area contributed by atoms with Gasteiger partial charge in [-0.15, -0.1) is 0 Å². The van der Waals surface area contributed by atoms with E-state index in [1.165, 1.54) is 38.8 Å². The number of thiocarbonyl (C=S) groups is 1. The van der Waals surface area contributed by atoms with E-state index >= 15 is 0 Å². The monoisotopic (exact) mass is 258 g/mol. The summed E-state index contributed by atoms with van der Waals surface area (Å²) in [5, 5.41) is 0. The van der Waals surface area contributed by atoms with Crippen LogP contribution >= 0.6 is 24.0 Å². The number of nitrogens with two attached hydrogens (primary N) is 1. The Bertz CT molecular complexity index is 254. The average Bonchev–Trinajstić information content (AvgIpc) is 2.82. The first kappa shape index (κ1) is 12.7. The molecule has 0 radical (unpaired) electrons. The molecule has 16 heavy (non-hydrogen) atoms. The van der Waals surface area contributed by atoms with Gasteiger partial charge in [0.2, 0.25) is 0 Å². The van der Waals surface area contributed by atoms with Gasteiger partial charge in [0.05, 0.1) is 9.74 Å². The van der Waals surface area contributed by atoms with E-state index < -0.39 is 0 Å². The number of thioether (sulfide) groups is 1. The Morgan fingerprint density at radius 2 is 1.88 bits per heavy atom. The summed E-state index contributed by atoms with van der Waals surface area (Å²) >= 11 is 7.09. The zero-order valence-electron chi connectivity index (χ0n) is 10.1. The van der Waals surface area contributed by atoms with Crippen LogP contribution < -0.4 is 5.73 Å². The van der Waals surface area contributed by atoms with Gasteiger partial charge in [-0.05, 0) is 31.9 Å². The molecule has 4 heteroatoms. The predicted octanol–water partition coefficient (Wildman–Crippen LogP) is 2.41. The molecule has 0 spiro atoms. The van der Waals surface area contributed by atoms with Gasteiger partial charge in [0.1, 0.15) is 0 Å². The molecule has 2 N–H and O–H groups in total. The number of nitrogens with zero attached hydrogens (tertiary/aromatic N) is 1. The maximum Gasteiger partial charge on any atom is 0.0891 e. The van der Waals surface area contributed by atoms with E-state index in [9.17, 15) is 0 Å². The summed E-state index contributed by atoms with van der Waals surface area (Å²) in [6, 6.07) is 0.853. The Morgan fingerprint density at radius 1 is 1.31 bits per heavy atom. The molecule has 0 aromatic rings. The van der Waals surface area contributed by atoms with E-state index in [0.29, 0.717) is 4.99 Å². The van der Waals surface area contributed by atoms with E-state index in [4.69, 9.17) is 18.0 Å². The van der Waals surface area contributed by atoms with Crippen LogP contribution in [0.25, 0.3) is 0 Å². The zero-order valence-corrected chi connectivity index (χ0v) is 11.7. The maximum absolute atomic E-state index is 5.90. The summed E-state index contributed by atoms with van der Waals surface area (Å²) in [7, 11) is 0. The first-order valence-corrected chi connectivity index (χ1v) is 7.90. The van der Waals surface area contributed by atoms with Gasteiger partial charge in [0.25, 0.3) is 0 Å². The van der Waals surface area contributed by atoms with Crippen molar-refractivity contribution in [3.63, 3.8) is 0 Å². The van der Waals surface area contributed by atoms with Crippen LogP contribution in [0.2, 0.25) is 0 Å². The van der Waals surface area contributed by atoms with Crippen molar-refractivity contribution >= 4 is 29.0 Å². The molecule has 0 unspecified atom stereocenters. The molecule has 1 saturated carbocycles. The topological polar surface area (TPSA) is 29.3 Å². The molecule has 2 fully saturated rings. The fourth-order valence-corrected chi connectivity index (χ4v) is 4.32. The van der Waals surface area contributed by atoms with Gasteiger partial charge in [-0.25, -0.2) is 0 Å². The van der Waals surface area contributed by atoms with Crippen molar-refractivity contribution in [3.05, 3.63) is 0 Å². The van der Waals surface area contributed by atoms with Gasteiger partial charge in [-0.2, -0.15) is 11.8 Å². The van der Waals surface area contributed by atoms with Crippen LogP contribution in [0.1, 0.15) is 38.5 Å². The Kier molecular flexibility index (Phi) is 4.14. The van der Waals surface area contributed by atoms with E-state index in [1.54, 1.807) is 0 Å². The Morgan fingerprint density at radius 3 is 2.31 bits per heavy atom. The van der Waals surface area contributed by atoms with Crippen LogP contribution in [-0.4, -0.2) is 40.0 Å². The molecule has 1 heterocycles. The second kappa shape index (κ2) is 5.23. The normalized spacial score (nSPS) is 27.1. The van der Waals surface area contributed by atoms with Crippen molar-refractivity contribution in [2.45, 2.75) is 49.3 Å². The van der Waals surface area contributed by atoms with Gasteiger partial charge in [0, 0.05) is 19.1 Å². The highest BCUT2D eigenvalue weighted by Gasteiger charge is 2.38. The van der Waals surface area contributed by atoms with Crippen molar-refractivity contribution in [2.24, 2.45) is 5.73 Å². The van der Waals surface area contributed by atoms with Gasteiger partial charge >= 0.3 is 0 Å². The van der Waals surface area contributed by atoms with Gasteiger partial charge in [-0.3, -0.25) is 0 Å². The minimum Gasteiger partial charge on any atom is -0.392 e. The largest absolute Gasteiger partial charge is 0.392 e. The maximum atomic E-state index is 5.90. The van der Waals surface area contributed by atoms with Crippen LogP contribution in [0.15, 0.2) is 0 Å². The minimum absolute atomic E-state index is 0.0877. The van der Waals surface area contributed by atoms with E-state index in [0.717, 1.165) is 18.9 Å². The average molecular weight is 258 g/mol. The lowest BCUT2D eigenvalue weighted by Crippen LogP contribution is -2.51. The molecule has 0 amide bonds. The van der Waals surface area contributed by atoms with Gasteiger partial charge < -0.3 is 10.6 Å². The molecule has 1 aliphatic heterocycles. The highest BCUT2D eigenvalue weighted by Crippen LogP contribution is 2.37. The van der Waals surface area contributed by atoms with Crippen LogP contribution in [0.5, 0.6) is 0 Å². The SMILES string of the molecule is CSC1(C(N)=S)CCN(C2CCCC2)CC1. The first-order valence-electron chi connectivity index (χ1n) is 6.27.